The van der Waals surface area contributed by atoms with Crippen molar-refractivity contribution in [2.24, 2.45) is 0 Å². The largest absolute Gasteiger partial charge is 0.497 e. The molecule has 0 bridgehead atoms. The summed E-state index contributed by atoms with van der Waals surface area (Å²) >= 11 is 0. The van der Waals surface area contributed by atoms with Gasteiger partial charge in [0, 0.05) is 18.1 Å². The Bertz CT molecular complexity index is 753. The normalized spacial score (nSPS) is 10.3. The van der Waals surface area contributed by atoms with Crippen molar-refractivity contribution in [1.82, 2.24) is 4.98 Å². The van der Waals surface area contributed by atoms with Crippen molar-refractivity contribution in [3.8, 4) is 5.75 Å². The average molecular weight is 308 g/mol. The first kappa shape index (κ1) is 14.8. The highest BCUT2D eigenvalue weighted by Gasteiger charge is 2.19. The number of anilines is 1. The van der Waals surface area contributed by atoms with E-state index in [4.69, 9.17) is 9.15 Å². The van der Waals surface area contributed by atoms with Gasteiger partial charge in [-0.25, -0.2) is 0 Å². The van der Waals surface area contributed by atoms with Gasteiger partial charge < -0.3 is 14.1 Å². The molecule has 0 radical (unpaired) electrons. The number of benzene rings is 1. The number of aromatic nitrogens is 1. The lowest BCUT2D eigenvalue weighted by molar-refractivity contribution is 0.0984. The molecule has 0 fully saturated rings. The highest BCUT2D eigenvalue weighted by molar-refractivity contribution is 6.05. The van der Waals surface area contributed by atoms with Gasteiger partial charge in [-0.3, -0.25) is 9.78 Å². The summed E-state index contributed by atoms with van der Waals surface area (Å²) < 4.78 is 10.2. The van der Waals surface area contributed by atoms with Crippen molar-refractivity contribution in [3.05, 3.63) is 78.5 Å². The summed E-state index contributed by atoms with van der Waals surface area (Å²) in [5.74, 6) is 0.658. The van der Waals surface area contributed by atoms with Crippen molar-refractivity contribution in [2.45, 2.75) is 6.54 Å². The van der Waals surface area contributed by atoms with Gasteiger partial charge in [0.05, 0.1) is 25.5 Å². The molecule has 3 aromatic rings. The van der Waals surface area contributed by atoms with Crippen LogP contribution in [0.1, 0.15) is 15.9 Å². The van der Waals surface area contributed by atoms with E-state index in [0.29, 0.717) is 12.1 Å². The molecule has 23 heavy (non-hydrogen) atoms. The Balaban J connectivity index is 1.90. The van der Waals surface area contributed by atoms with Crippen LogP contribution in [0.3, 0.4) is 0 Å². The van der Waals surface area contributed by atoms with E-state index in [2.05, 4.69) is 4.98 Å². The second-order valence-electron chi connectivity index (χ2n) is 4.96. The Morgan fingerprint density at radius 3 is 2.48 bits per heavy atom. The molecule has 1 aromatic carbocycles. The third-order valence-corrected chi connectivity index (χ3v) is 3.49. The van der Waals surface area contributed by atoms with Crippen molar-refractivity contribution in [3.63, 3.8) is 0 Å². The number of methoxy groups -OCH3 is 1. The number of rotatable bonds is 5. The zero-order valence-electron chi connectivity index (χ0n) is 12.7. The zero-order chi connectivity index (χ0) is 16.1. The quantitative estimate of drug-likeness (QED) is 0.723. The van der Waals surface area contributed by atoms with Crippen LogP contribution >= 0.6 is 0 Å². The Morgan fingerprint density at radius 1 is 1.13 bits per heavy atom. The lowest BCUT2D eigenvalue weighted by Gasteiger charge is -2.22. The van der Waals surface area contributed by atoms with E-state index in [1.165, 1.54) is 12.5 Å². The maximum Gasteiger partial charge on any atom is 0.261 e. The summed E-state index contributed by atoms with van der Waals surface area (Å²) in [7, 11) is 1.63. The molecule has 3 rings (SSSR count). The highest BCUT2D eigenvalue weighted by Crippen LogP contribution is 2.21. The number of hydrogen-bond donors (Lipinski definition) is 0. The molecule has 2 aromatic heterocycles. The molecule has 5 nitrogen and oxygen atoms in total. The van der Waals surface area contributed by atoms with Gasteiger partial charge in [0.15, 0.2) is 0 Å². The summed E-state index contributed by atoms with van der Waals surface area (Å²) in [5.41, 5.74) is 2.29. The van der Waals surface area contributed by atoms with Gasteiger partial charge in [0.25, 0.3) is 5.91 Å². The number of nitrogens with zero attached hydrogens (tertiary/aromatic N) is 2. The highest BCUT2D eigenvalue weighted by atomic mass is 16.5. The van der Waals surface area contributed by atoms with E-state index < -0.39 is 0 Å². The van der Waals surface area contributed by atoms with Gasteiger partial charge in [0.2, 0.25) is 0 Å². The van der Waals surface area contributed by atoms with Crippen LogP contribution < -0.4 is 9.64 Å². The van der Waals surface area contributed by atoms with Crippen LogP contribution in [-0.4, -0.2) is 18.0 Å². The van der Waals surface area contributed by atoms with E-state index in [1.54, 1.807) is 30.5 Å². The van der Waals surface area contributed by atoms with Crippen LogP contribution in [0.25, 0.3) is 0 Å². The third kappa shape index (κ3) is 3.40. The molecule has 0 aliphatic rings. The second kappa shape index (κ2) is 6.79. The van der Waals surface area contributed by atoms with Crippen LogP contribution in [0.15, 0.2) is 71.8 Å². The number of hydrogen-bond acceptors (Lipinski definition) is 4. The van der Waals surface area contributed by atoms with Crippen molar-refractivity contribution in [1.29, 1.82) is 0 Å². The van der Waals surface area contributed by atoms with E-state index in [-0.39, 0.29) is 5.91 Å². The molecule has 0 spiro atoms. The fourth-order valence-electron chi connectivity index (χ4n) is 2.26. The van der Waals surface area contributed by atoms with Crippen LogP contribution in [0, 0.1) is 0 Å². The molecule has 0 atom stereocenters. The zero-order valence-corrected chi connectivity index (χ0v) is 12.7. The lowest BCUT2D eigenvalue weighted by atomic mass is 10.1. The summed E-state index contributed by atoms with van der Waals surface area (Å²) in [6, 6.07) is 12.9. The first-order chi connectivity index (χ1) is 11.3. The minimum atomic E-state index is -0.124. The topological polar surface area (TPSA) is 55.6 Å². The number of carbonyl (C=O) groups is 1. The van der Waals surface area contributed by atoms with Gasteiger partial charge in [-0.05, 0) is 35.9 Å². The first-order valence-electron chi connectivity index (χ1n) is 7.15. The molecule has 0 aliphatic carbocycles. The maximum absolute atomic E-state index is 12.8. The summed E-state index contributed by atoms with van der Waals surface area (Å²) in [6.45, 7) is 0.442. The predicted molar refractivity (Wildman–Crippen MR) is 86.5 cm³/mol. The fraction of sp³-hybridized carbons (Fsp3) is 0.111. The number of pyridine rings is 1. The first-order valence-corrected chi connectivity index (χ1v) is 7.15. The molecule has 0 unspecified atom stereocenters. The minimum absolute atomic E-state index is 0.124. The predicted octanol–water partition coefficient (Wildman–Crippen LogP) is 3.53. The standard InChI is InChI=1S/C18H16N2O3/c1-22-17-4-2-14(3-5-17)12-20(16-6-9-19-10-7-16)18(21)15-8-11-23-13-15/h2-11,13H,12H2,1H3. The van der Waals surface area contributed by atoms with E-state index in [0.717, 1.165) is 17.0 Å². The van der Waals surface area contributed by atoms with E-state index in [9.17, 15) is 4.79 Å². The maximum atomic E-state index is 12.8. The Kier molecular flexibility index (Phi) is 4.38. The Labute approximate surface area is 134 Å². The van der Waals surface area contributed by atoms with Gasteiger partial charge in [-0.1, -0.05) is 12.1 Å². The number of furan rings is 1. The molecule has 0 saturated carbocycles. The van der Waals surface area contributed by atoms with Gasteiger partial charge in [0.1, 0.15) is 12.0 Å². The molecule has 0 saturated heterocycles. The van der Waals surface area contributed by atoms with Crippen LogP contribution in [0.4, 0.5) is 5.69 Å². The third-order valence-electron chi connectivity index (χ3n) is 3.49. The molecule has 0 N–H and O–H groups in total. The number of carbonyl (C=O) groups excluding carboxylic acids is 1. The average Bonchev–Trinajstić information content (AvgIpc) is 3.15. The van der Waals surface area contributed by atoms with E-state index in [1.807, 2.05) is 36.4 Å². The molecular weight excluding hydrogens is 292 g/mol. The van der Waals surface area contributed by atoms with Crippen LogP contribution in [0.2, 0.25) is 0 Å². The minimum Gasteiger partial charge on any atom is -0.497 e. The van der Waals surface area contributed by atoms with Crippen molar-refractivity contribution < 1.29 is 13.9 Å². The molecule has 0 aliphatic heterocycles. The molecule has 5 heteroatoms. The summed E-state index contributed by atoms with van der Waals surface area (Å²) in [4.78, 5) is 18.5. The van der Waals surface area contributed by atoms with E-state index >= 15 is 0 Å². The van der Waals surface area contributed by atoms with Gasteiger partial charge in [-0.15, -0.1) is 0 Å². The Hall–Kier alpha value is -3.08. The molecule has 2 heterocycles. The van der Waals surface area contributed by atoms with Crippen LogP contribution in [-0.2, 0) is 6.54 Å². The SMILES string of the molecule is COc1ccc(CN(C(=O)c2ccoc2)c2ccncc2)cc1. The number of ether oxygens (including phenoxy) is 1. The van der Waals surface area contributed by atoms with Gasteiger partial charge >= 0.3 is 0 Å². The van der Waals surface area contributed by atoms with Crippen molar-refractivity contribution >= 4 is 11.6 Å². The van der Waals surface area contributed by atoms with Gasteiger partial charge in [-0.2, -0.15) is 0 Å². The Morgan fingerprint density at radius 2 is 1.87 bits per heavy atom. The summed E-state index contributed by atoms with van der Waals surface area (Å²) in [6.07, 6.45) is 6.27. The lowest BCUT2D eigenvalue weighted by Crippen LogP contribution is -2.30. The summed E-state index contributed by atoms with van der Waals surface area (Å²) in [5, 5.41) is 0. The monoisotopic (exact) mass is 308 g/mol. The fourth-order valence-corrected chi connectivity index (χ4v) is 2.26. The van der Waals surface area contributed by atoms with Crippen molar-refractivity contribution in [2.75, 3.05) is 12.0 Å². The molecule has 1 amide bonds. The molecule has 116 valence electrons. The molecular formula is C18H16N2O3. The number of amides is 1. The smallest absolute Gasteiger partial charge is 0.261 e. The second-order valence-corrected chi connectivity index (χ2v) is 4.96. The van der Waals surface area contributed by atoms with Crippen LogP contribution in [0.5, 0.6) is 5.75 Å².